The van der Waals surface area contributed by atoms with E-state index < -0.39 is 10.0 Å². The molecule has 2 aromatic carbocycles. The predicted octanol–water partition coefficient (Wildman–Crippen LogP) is 5.06. The first-order chi connectivity index (χ1) is 10.3. The summed E-state index contributed by atoms with van der Waals surface area (Å²) in [6, 6.07) is 9.37. The van der Waals surface area contributed by atoms with E-state index in [0.29, 0.717) is 10.5 Å². The molecule has 0 unspecified atom stereocenters. The zero-order valence-corrected chi connectivity index (χ0v) is 14.6. The number of thiazole rings is 1. The second-order valence-electron chi connectivity index (χ2n) is 4.32. The van der Waals surface area contributed by atoms with Crippen molar-refractivity contribution in [1.29, 1.82) is 0 Å². The summed E-state index contributed by atoms with van der Waals surface area (Å²) in [5.74, 6) is 0. The second-order valence-corrected chi connectivity index (χ2v) is 8.31. The normalized spacial score (nSPS) is 11.8. The van der Waals surface area contributed by atoms with E-state index in [0.717, 1.165) is 4.70 Å². The second kappa shape index (κ2) is 5.86. The lowest BCUT2D eigenvalue weighted by molar-refractivity contribution is 0.601. The van der Waals surface area contributed by atoms with Gasteiger partial charge in [-0.25, -0.2) is 13.4 Å². The Morgan fingerprint density at radius 3 is 2.36 bits per heavy atom. The van der Waals surface area contributed by atoms with E-state index in [1.54, 1.807) is 12.1 Å². The third kappa shape index (κ3) is 3.16. The van der Waals surface area contributed by atoms with Gasteiger partial charge in [-0.2, -0.15) is 0 Å². The lowest BCUT2D eigenvalue weighted by atomic mass is 10.3. The fraction of sp³-hybridized carbons (Fsp3) is 0. The van der Waals surface area contributed by atoms with E-state index >= 15 is 0 Å². The minimum absolute atomic E-state index is 0.0321. The summed E-state index contributed by atoms with van der Waals surface area (Å²) in [6.45, 7) is 0. The molecule has 0 saturated heterocycles. The van der Waals surface area contributed by atoms with E-state index in [1.165, 1.54) is 29.5 Å². The molecule has 0 aliphatic carbocycles. The van der Waals surface area contributed by atoms with E-state index in [2.05, 4.69) is 9.71 Å². The molecule has 1 N–H and O–H groups in total. The van der Waals surface area contributed by atoms with Crippen LogP contribution in [-0.2, 0) is 10.0 Å². The largest absolute Gasteiger partial charge is 0.263 e. The maximum Gasteiger partial charge on any atom is 0.263 e. The Bertz CT molecular complexity index is 950. The zero-order chi connectivity index (χ0) is 15.9. The molecule has 0 bridgehead atoms. The molecule has 0 amide bonds. The number of benzene rings is 2. The quantitative estimate of drug-likeness (QED) is 0.677. The summed E-state index contributed by atoms with van der Waals surface area (Å²) in [7, 11) is -3.83. The summed E-state index contributed by atoms with van der Waals surface area (Å²) in [6.07, 6.45) is 0. The fourth-order valence-corrected chi connectivity index (χ4v) is 4.94. The highest BCUT2D eigenvalue weighted by molar-refractivity contribution is 7.93. The van der Waals surface area contributed by atoms with Gasteiger partial charge >= 0.3 is 0 Å². The molecule has 114 valence electrons. The van der Waals surface area contributed by atoms with Crippen LogP contribution in [0.1, 0.15) is 0 Å². The maximum atomic E-state index is 12.4. The van der Waals surface area contributed by atoms with Crippen molar-refractivity contribution in [2.75, 3.05) is 4.72 Å². The summed E-state index contributed by atoms with van der Waals surface area (Å²) < 4.78 is 27.9. The van der Waals surface area contributed by atoms with Crippen molar-refractivity contribution in [1.82, 2.24) is 4.98 Å². The van der Waals surface area contributed by atoms with Gasteiger partial charge in [-0.05, 0) is 30.3 Å². The van der Waals surface area contributed by atoms with Gasteiger partial charge in [0, 0.05) is 10.0 Å². The molecule has 0 saturated carbocycles. The lowest BCUT2D eigenvalue weighted by Gasteiger charge is -2.06. The number of hydrogen-bond acceptors (Lipinski definition) is 4. The predicted molar refractivity (Wildman–Crippen MR) is 91.9 cm³/mol. The smallest absolute Gasteiger partial charge is 0.255 e. The molecular formula is C13H7Cl3N2O2S2. The van der Waals surface area contributed by atoms with E-state index in [9.17, 15) is 8.42 Å². The van der Waals surface area contributed by atoms with Gasteiger partial charge in [0.15, 0.2) is 5.13 Å². The highest BCUT2D eigenvalue weighted by Gasteiger charge is 2.18. The average molecular weight is 394 g/mol. The zero-order valence-electron chi connectivity index (χ0n) is 10.7. The Labute approximate surface area is 145 Å². The molecule has 0 spiro atoms. The molecule has 1 aromatic heterocycles. The number of nitrogens with one attached hydrogen (secondary N) is 1. The Hall–Kier alpha value is -1.05. The highest BCUT2D eigenvalue weighted by atomic mass is 35.5. The van der Waals surface area contributed by atoms with E-state index in [4.69, 9.17) is 34.8 Å². The van der Waals surface area contributed by atoms with Crippen LogP contribution < -0.4 is 4.72 Å². The van der Waals surface area contributed by atoms with Crippen LogP contribution in [0.5, 0.6) is 0 Å². The van der Waals surface area contributed by atoms with Gasteiger partial charge in [-0.3, -0.25) is 4.72 Å². The van der Waals surface area contributed by atoms with Crippen LogP contribution in [0.2, 0.25) is 15.1 Å². The molecule has 3 aromatic rings. The third-order valence-electron chi connectivity index (χ3n) is 2.74. The first-order valence-corrected chi connectivity index (χ1v) is 9.32. The van der Waals surface area contributed by atoms with Gasteiger partial charge < -0.3 is 0 Å². The van der Waals surface area contributed by atoms with Crippen LogP contribution in [0, 0.1) is 0 Å². The number of sulfonamides is 1. The van der Waals surface area contributed by atoms with Crippen molar-refractivity contribution in [3.05, 3.63) is 51.5 Å². The molecule has 4 nitrogen and oxygen atoms in total. The summed E-state index contributed by atoms with van der Waals surface area (Å²) >= 11 is 18.9. The lowest BCUT2D eigenvalue weighted by Crippen LogP contribution is -2.12. The maximum absolute atomic E-state index is 12.4. The molecule has 9 heteroatoms. The van der Waals surface area contributed by atoms with Gasteiger partial charge in [0.2, 0.25) is 0 Å². The Kier molecular flexibility index (Phi) is 4.22. The van der Waals surface area contributed by atoms with Crippen LogP contribution in [0.4, 0.5) is 5.13 Å². The van der Waals surface area contributed by atoms with Crippen LogP contribution in [0.15, 0.2) is 41.3 Å². The Morgan fingerprint density at radius 2 is 1.73 bits per heavy atom. The number of hydrogen-bond donors (Lipinski definition) is 1. The molecule has 0 aliphatic rings. The van der Waals surface area contributed by atoms with Crippen molar-refractivity contribution in [3.8, 4) is 0 Å². The van der Waals surface area contributed by atoms with Gasteiger partial charge in [-0.1, -0.05) is 52.2 Å². The minimum atomic E-state index is -3.83. The SMILES string of the molecule is O=S(=O)(Nc1nc2c(Cl)cccc2s1)c1cc(Cl)cc(Cl)c1. The number of nitrogens with zero attached hydrogens (tertiary/aromatic N) is 1. The summed E-state index contributed by atoms with van der Waals surface area (Å²) in [5.41, 5.74) is 0.552. The van der Waals surface area contributed by atoms with Crippen molar-refractivity contribution in [3.63, 3.8) is 0 Å². The first kappa shape index (κ1) is 15.8. The van der Waals surface area contributed by atoms with Gasteiger partial charge in [0.05, 0.1) is 14.6 Å². The fourth-order valence-electron chi connectivity index (χ4n) is 1.82. The number of para-hydroxylation sites is 1. The van der Waals surface area contributed by atoms with Crippen molar-refractivity contribution in [2.24, 2.45) is 0 Å². The minimum Gasteiger partial charge on any atom is -0.255 e. The molecule has 0 fully saturated rings. The molecule has 0 radical (unpaired) electrons. The standard InChI is InChI=1S/C13H7Cl3N2O2S2/c14-7-4-8(15)6-9(5-7)22(19,20)18-13-17-12-10(16)2-1-3-11(12)21-13/h1-6H,(H,17,18). The molecule has 0 atom stereocenters. The molecule has 3 rings (SSSR count). The highest BCUT2D eigenvalue weighted by Crippen LogP contribution is 2.32. The number of rotatable bonds is 3. The summed E-state index contributed by atoms with van der Waals surface area (Å²) in [5, 5.41) is 1.16. The monoisotopic (exact) mass is 392 g/mol. The topological polar surface area (TPSA) is 59.1 Å². The molecular weight excluding hydrogens is 387 g/mol. The van der Waals surface area contributed by atoms with Crippen molar-refractivity contribution in [2.45, 2.75) is 4.90 Å². The van der Waals surface area contributed by atoms with Gasteiger partial charge in [0.1, 0.15) is 5.52 Å². The number of fused-ring (bicyclic) bond motifs is 1. The van der Waals surface area contributed by atoms with E-state index in [-0.39, 0.29) is 20.1 Å². The summed E-state index contributed by atoms with van der Waals surface area (Å²) in [4.78, 5) is 4.17. The molecule has 1 heterocycles. The van der Waals surface area contributed by atoms with Crippen LogP contribution in [0.25, 0.3) is 10.2 Å². The number of halogens is 3. The molecule has 0 aliphatic heterocycles. The average Bonchev–Trinajstić information content (AvgIpc) is 2.80. The van der Waals surface area contributed by atoms with Crippen LogP contribution in [-0.4, -0.2) is 13.4 Å². The molecule has 22 heavy (non-hydrogen) atoms. The van der Waals surface area contributed by atoms with Gasteiger partial charge in [-0.15, -0.1) is 0 Å². The van der Waals surface area contributed by atoms with Crippen LogP contribution >= 0.6 is 46.1 Å². The van der Waals surface area contributed by atoms with E-state index in [1.807, 2.05) is 6.07 Å². The number of anilines is 1. The van der Waals surface area contributed by atoms with Crippen LogP contribution in [0.3, 0.4) is 0 Å². The van der Waals surface area contributed by atoms with Gasteiger partial charge in [0.25, 0.3) is 10.0 Å². The number of aromatic nitrogens is 1. The third-order valence-corrected chi connectivity index (χ3v) is 5.86. The van der Waals surface area contributed by atoms with Crippen molar-refractivity contribution >= 4 is 71.5 Å². The Balaban J connectivity index is 2.01. The van der Waals surface area contributed by atoms with Crippen molar-refractivity contribution < 1.29 is 8.42 Å². The first-order valence-electron chi connectivity index (χ1n) is 5.89. The Morgan fingerprint density at radius 1 is 1.05 bits per heavy atom.